The fraction of sp³-hybridized carbons (Fsp3) is 0.812. The number of rotatable bonds is 6. The van der Waals surface area contributed by atoms with Crippen molar-refractivity contribution in [1.82, 2.24) is 20.8 Å². The van der Waals surface area contributed by atoms with E-state index in [9.17, 15) is 0 Å². The largest absolute Gasteiger partial charge is 0.378 e. The second kappa shape index (κ2) is 6.86. The molecule has 1 aromatic heterocycles. The number of guanidine groups is 1. The molecule has 2 aliphatic carbocycles. The van der Waals surface area contributed by atoms with Crippen molar-refractivity contribution in [3.8, 4) is 0 Å². The third-order valence-corrected chi connectivity index (χ3v) is 5.04. The molecule has 2 fully saturated rings. The van der Waals surface area contributed by atoms with Gasteiger partial charge in [-0.1, -0.05) is 11.6 Å². The normalized spacial score (nSPS) is 25.8. The zero-order valence-corrected chi connectivity index (χ0v) is 14.3. The van der Waals surface area contributed by atoms with Gasteiger partial charge >= 0.3 is 0 Å². The van der Waals surface area contributed by atoms with Crippen LogP contribution >= 0.6 is 0 Å². The van der Waals surface area contributed by atoms with Crippen LogP contribution in [0, 0.1) is 12.3 Å². The summed E-state index contributed by atoms with van der Waals surface area (Å²) in [6, 6.07) is 0.442. The molecule has 2 N–H and O–H groups in total. The summed E-state index contributed by atoms with van der Waals surface area (Å²) in [7, 11) is 0. The second-order valence-corrected chi connectivity index (χ2v) is 6.39. The minimum Gasteiger partial charge on any atom is -0.378 e. The van der Waals surface area contributed by atoms with Gasteiger partial charge in [-0.15, -0.1) is 0 Å². The predicted octanol–water partition coefficient (Wildman–Crippen LogP) is 1.78. The molecule has 2 aliphatic rings. The van der Waals surface area contributed by atoms with Crippen molar-refractivity contribution in [2.45, 2.75) is 65.1 Å². The standard InChI is InChI=1S/C16H27N5O2/c1-4-17-15(18-10-14-19-11(3)23-21-14)20-12-9-13(22-5-2)16(12)7-6-8-16/h12-13H,4-10H2,1-3H3,(H2,17,18,20). The molecule has 1 heterocycles. The third-order valence-electron chi connectivity index (χ3n) is 5.04. The van der Waals surface area contributed by atoms with E-state index in [4.69, 9.17) is 9.26 Å². The maximum atomic E-state index is 5.91. The first-order valence-electron chi connectivity index (χ1n) is 8.63. The molecule has 0 aromatic carbocycles. The Balaban J connectivity index is 1.61. The molecule has 7 heteroatoms. The molecule has 2 unspecified atom stereocenters. The molecule has 1 aromatic rings. The van der Waals surface area contributed by atoms with E-state index in [2.05, 4.69) is 39.6 Å². The predicted molar refractivity (Wildman–Crippen MR) is 87.1 cm³/mol. The number of ether oxygens (including phenoxy) is 1. The number of aliphatic imine (C=N–C) groups is 1. The van der Waals surface area contributed by atoms with Crippen LogP contribution in [0.25, 0.3) is 0 Å². The molecule has 0 radical (unpaired) electrons. The van der Waals surface area contributed by atoms with Gasteiger partial charge in [0.1, 0.15) is 6.54 Å². The zero-order chi connectivity index (χ0) is 16.3. The van der Waals surface area contributed by atoms with E-state index < -0.39 is 0 Å². The van der Waals surface area contributed by atoms with Crippen molar-refractivity contribution in [2.75, 3.05) is 13.2 Å². The first-order valence-corrected chi connectivity index (χ1v) is 8.63. The lowest BCUT2D eigenvalue weighted by atomic mass is 9.51. The zero-order valence-electron chi connectivity index (χ0n) is 14.3. The van der Waals surface area contributed by atoms with Crippen LogP contribution in [-0.2, 0) is 11.3 Å². The Labute approximate surface area is 137 Å². The molecule has 0 saturated heterocycles. The van der Waals surface area contributed by atoms with Crippen molar-refractivity contribution in [1.29, 1.82) is 0 Å². The van der Waals surface area contributed by atoms with E-state index in [1.165, 1.54) is 19.3 Å². The second-order valence-electron chi connectivity index (χ2n) is 6.39. The Morgan fingerprint density at radius 1 is 1.43 bits per heavy atom. The van der Waals surface area contributed by atoms with Crippen LogP contribution in [0.1, 0.15) is 51.2 Å². The highest BCUT2D eigenvalue weighted by molar-refractivity contribution is 5.80. The van der Waals surface area contributed by atoms with Crippen molar-refractivity contribution < 1.29 is 9.26 Å². The summed E-state index contributed by atoms with van der Waals surface area (Å²) in [5.74, 6) is 2.00. The van der Waals surface area contributed by atoms with Crippen molar-refractivity contribution in [3.05, 3.63) is 11.7 Å². The van der Waals surface area contributed by atoms with E-state index >= 15 is 0 Å². The highest BCUT2D eigenvalue weighted by Gasteiger charge is 2.59. The van der Waals surface area contributed by atoms with Gasteiger partial charge in [-0.2, -0.15) is 4.98 Å². The van der Waals surface area contributed by atoms with Gasteiger partial charge in [0.25, 0.3) is 0 Å². The van der Waals surface area contributed by atoms with Crippen LogP contribution in [0.3, 0.4) is 0 Å². The SMILES string of the molecule is CCNC(=NCc1noc(C)n1)NC1CC(OCC)C12CCC2. The average Bonchev–Trinajstić information content (AvgIpc) is 2.87. The molecule has 1 spiro atoms. The fourth-order valence-electron chi connectivity index (χ4n) is 3.68. The Morgan fingerprint density at radius 2 is 2.26 bits per heavy atom. The van der Waals surface area contributed by atoms with E-state index in [0.717, 1.165) is 25.5 Å². The number of hydrogen-bond donors (Lipinski definition) is 2. The molecular formula is C16H27N5O2. The molecule has 2 atom stereocenters. The molecule has 3 rings (SSSR count). The summed E-state index contributed by atoms with van der Waals surface area (Å²) in [5, 5.41) is 10.8. The van der Waals surface area contributed by atoms with Gasteiger partial charge in [0.15, 0.2) is 11.8 Å². The molecule has 0 aliphatic heterocycles. The van der Waals surface area contributed by atoms with Gasteiger partial charge in [-0.25, -0.2) is 4.99 Å². The van der Waals surface area contributed by atoms with Gasteiger partial charge in [-0.3, -0.25) is 0 Å². The lowest BCUT2D eigenvalue weighted by Crippen LogP contribution is -2.68. The number of aryl methyl sites for hydroxylation is 1. The van der Waals surface area contributed by atoms with E-state index in [0.29, 0.717) is 35.8 Å². The minimum atomic E-state index is 0.314. The average molecular weight is 321 g/mol. The fourth-order valence-corrected chi connectivity index (χ4v) is 3.68. The van der Waals surface area contributed by atoms with Crippen LogP contribution in [0.5, 0.6) is 0 Å². The third kappa shape index (κ3) is 3.20. The Bertz CT molecular complexity index is 552. The van der Waals surface area contributed by atoms with Crippen LogP contribution in [0.2, 0.25) is 0 Å². The van der Waals surface area contributed by atoms with Crippen LogP contribution in [0.4, 0.5) is 0 Å². The van der Waals surface area contributed by atoms with Crippen LogP contribution in [-0.4, -0.2) is 41.4 Å². The van der Waals surface area contributed by atoms with E-state index in [-0.39, 0.29) is 0 Å². The summed E-state index contributed by atoms with van der Waals surface area (Å²) >= 11 is 0. The van der Waals surface area contributed by atoms with Crippen molar-refractivity contribution in [2.24, 2.45) is 10.4 Å². The molecule has 0 amide bonds. The van der Waals surface area contributed by atoms with Gasteiger partial charge in [0.05, 0.1) is 6.10 Å². The summed E-state index contributed by atoms with van der Waals surface area (Å²) in [6.45, 7) is 7.97. The number of nitrogens with zero attached hydrogens (tertiary/aromatic N) is 3. The molecular weight excluding hydrogens is 294 g/mol. The van der Waals surface area contributed by atoms with Gasteiger partial charge < -0.3 is 19.9 Å². The highest BCUT2D eigenvalue weighted by atomic mass is 16.5. The minimum absolute atomic E-state index is 0.314. The number of nitrogens with one attached hydrogen (secondary N) is 2. The molecule has 7 nitrogen and oxygen atoms in total. The van der Waals surface area contributed by atoms with Gasteiger partial charge in [0.2, 0.25) is 5.89 Å². The molecule has 23 heavy (non-hydrogen) atoms. The van der Waals surface area contributed by atoms with Crippen molar-refractivity contribution >= 4 is 5.96 Å². The number of hydrogen-bond acceptors (Lipinski definition) is 5. The summed E-state index contributed by atoms with van der Waals surface area (Å²) < 4.78 is 10.9. The van der Waals surface area contributed by atoms with E-state index in [1.54, 1.807) is 6.92 Å². The number of aromatic nitrogens is 2. The lowest BCUT2D eigenvalue weighted by molar-refractivity contribution is -0.168. The summed E-state index contributed by atoms with van der Waals surface area (Å²) in [6.07, 6.45) is 5.26. The Morgan fingerprint density at radius 3 is 2.83 bits per heavy atom. The summed E-state index contributed by atoms with van der Waals surface area (Å²) in [4.78, 5) is 8.77. The monoisotopic (exact) mass is 321 g/mol. The topological polar surface area (TPSA) is 84.6 Å². The maximum Gasteiger partial charge on any atom is 0.223 e. The Hall–Kier alpha value is -1.63. The van der Waals surface area contributed by atoms with Crippen LogP contribution < -0.4 is 10.6 Å². The quantitative estimate of drug-likeness (QED) is 0.614. The van der Waals surface area contributed by atoms with E-state index in [1.807, 2.05) is 0 Å². The molecule has 128 valence electrons. The van der Waals surface area contributed by atoms with Crippen LogP contribution in [0.15, 0.2) is 9.52 Å². The molecule has 0 bridgehead atoms. The highest BCUT2D eigenvalue weighted by Crippen LogP contribution is 2.57. The van der Waals surface area contributed by atoms with Gasteiger partial charge in [0, 0.05) is 31.5 Å². The maximum absolute atomic E-state index is 5.91. The van der Waals surface area contributed by atoms with Crippen molar-refractivity contribution in [3.63, 3.8) is 0 Å². The van der Waals surface area contributed by atoms with Gasteiger partial charge in [-0.05, 0) is 33.1 Å². The molecule has 2 saturated carbocycles. The summed E-state index contributed by atoms with van der Waals surface area (Å²) in [5.41, 5.74) is 0.314. The smallest absolute Gasteiger partial charge is 0.223 e. The Kier molecular flexibility index (Phi) is 4.84. The first kappa shape index (κ1) is 16.2. The lowest BCUT2D eigenvalue weighted by Gasteiger charge is -2.61. The first-order chi connectivity index (χ1) is 11.2.